The van der Waals surface area contributed by atoms with Gasteiger partial charge in [0.2, 0.25) is 5.91 Å². The number of hydrogen-bond acceptors (Lipinski definition) is 10. The van der Waals surface area contributed by atoms with Gasteiger partial charge < -0.3 is 25.5 Å². The first-order chi connectivity index (χ1) is 20.0. The Kier molecular flexibility index (Phi) is 9.02. The molecule has 1 aromatic carbocycles. The minimum atomic E-state index is -0.589. The van der Waals surface area contributed by atoms with Gasteiger partial charge in [-0.1, -0.05) is 6.07 Å². The van der Waals surface area contributed by atoms with Crippen molar-refractivity contribution in [2.75, 3.05) is 41.8 Å². The molecule has 0 radical (unpaired) electrons. The number of hydrogen-bond donors (Lipinski definition) is 3. The Balaban J connectivity index is 1.29. The maximum Gasteiger partial charge on any atom is 0.308 e. The predicted octanol–water partition coefficient (Wildman–Crippen LogP) is 4.08. The van der Waals surface area contributed by atoms with Crippen LogP contribution in [0.4, 0.5) is 17.3 Å². The molecule has 11 heteroatoms. The Hall–Kier alpha value is -4.54. The lowest BCUT2D eigenvalue weighted by Crippen LogP contribution is -2.26. The Morgan fingerprint density at radius 1 is 1.20 bits per heavy atom. The van der Waals surface area contributed by atoms with Crippen molar-refractivity contribution in [1.82, 2.24) is 15.0 Å². The highest BCUT2D eigenvalue weighted by molar-refractivity contribution is 5.94. The Labute approximate surface area is 239 Å². The van der Waals surface area contributed by atoms with Crippen molar-refractivity contribution < 1.29 is 19.1 Å². The Bertz CT molecular complexity index is 1410. The van der Waals surface area contributed by atoms with E-state index in [0.717, 1.165) is 37.3 Å². The molecule has 0 spiro atoms. The summed E-state index contributed by atoms with van der Waals surface area (Å²) in [5, 5.41) is 14.7. The Morgan fingerprint density at radius 3 is 2.90 bits per heavy atom. The van der Waals surface area contributed by atoms with Crippen LogP contribution in [0.5, 0.6) is 5.75 Å². The number of nitrogens with one attached hydrogen (secondary N) is 3. The van der Waals surface area contributed by atoms with Crippen molar-refractivity contribution in [3.8, 4) is 5.75 Å². The number of aryl methyl sites for hydroxylation is 1. The molecule has 11 nitrogen and oxygen atoms in total. The van der Waals surface area contributed by atoms with Crippen LogP contribution in [0.25, 0.3) is 0 Å². The van der Waals surface area contributed by atoms with E-state index in [4.69, 9.17) is 19.9 Å². The van der Waals surface area contributed by atoms with Crippen molar-refractivity contribution in [3.63, 3.8) is 0 Å². The van der Waals surface area contributed by atoms with Crippen molar-refractivity contribution in [2.24, 2.45) is 0 Å². The molecule has 1 saturated heterocycles. The summed E-state index contributed by atoms with van der Waals surface area (Å²) in [6, 6.07) is 9.01. The number of amides is 1. The van der Waals surface area contributed by atoms with Gasteiger partial charge in [0.25, 0.3) is 0 Å². The van der Waals surface area contributed by atoms with Crippen LogP contribution in [0, 0.1) is 5.41 Å². The smallest absolute Gasteiger partial charge is 0.308 e. The Morgan fingerprint density at radius 2 is 2.10 bits per heavy atom. The van der Waals surface area contributed by atoms with Crippen LogP contribution in [0.1, 0.15) is 61.2 Å². The zero-order chi connectivity index (χ0) is 28.6. The van der Waals surface area contributed by atoms with Crippen LogP contribution in [-0.2, 0) is 27.2 Å². The number of rotatable bonds is 12. The summed E-state index contributed by atoms with van der Waals surface area (Å²) in [5.41, 5.74) is 3.94. The van der Waals surface area contributed by atoms with Gasteiger partial charge >= 0.3 is 5.97 Å². The summed E-state index contributed by atoms with van der Waals surface area (Å²) in [5.74, 6) is 1.67. The molecule has 41 heavy (non-hydrogen) atoms. The number of carbonyl (C=O) groups is 2. The number of benzene rings is 1. The summed E-state index contributed by atoms with van der Waals surface area (Å²) in [4.78, 5) is 40.0. The van der Waals surface area contributed by atoms with Crippen LogP contribution in [0.15, 0.2) is 42.7 Å². The molecule has 0 saturated carbocycles. The quantitative estimate of drug-likeness (QED) is 0.222. The highest BCUT2D eigenvalue weighted by Crippen LogP contribution is 2.29. The van der Waals surface area contributed by atoms with Gasteiger partial charge in [-0.2, -0.15) is 0 Å². The lowest BCUT2D eigenvalue weighted by atomic mass is 10.1. The average molecular weight is 558 g/mol. The number of nitrogens with zero attached hydrogens (tertiary/aromatic N) is 4. The molecular formula is C30H35N7O4. The van der Waals surface area contributed by atoms with Gasteiger partial charge in [-0.05, 0) is 56.0 Å². The summed E-state index contributed by atoms with van der Waals surface area (Å²) < 4.78 is 11.2. The second kappa shape index (κ2) is 13.2. The van der Waals surface area contributed by atoms with Crippen LogP contribution in [0.2, 0.25) is 0 Å². The van der Waals surface area contributed by atoms with E-state index in [9.17, 15) is 9.59 Å². The molecule has 3 aromatic rings. The van der Waals surface area contributed by atoms with E-state index in [0.29, 0.717) is 54.5 Å². The molecule has 1 atom stereocenters. The zero-order valence-electron chi connectivity index (χ0n) is 23.2. The van der Waals surface area contributed by atoms with E-state index in [-0.39, 0.29) is 18.9 Å². The molecule has 1 fully saturated rings. The van der Waals surface area contributed by atoms with E-state index in [2.05, 4.69) is 26.7 Å². The van der Waals surface area contributed by atoms with Crippen LogP contribution in [0.3, 0.4) is 0 Å². The van der Waals surface area contributed by atoms with Crippen LogP contribution in [-0.4, -0.2) is 59.3 Å². The SMILES string of the molecule is CCOC(=O)CC(Nc1ccc(OCCc2ccc3c(n2)NCCC3)cc1C=N)c1cncc(N2CCCC2=O)n1. The van der Waals surface area contributed by atoms with Crippen molar-refractivity contribution in [1.29, 1.82) is 5.41 Å². The highest BCUT2D eigenvalue weighted by atomic mass is 16.5. The van der Waals surface area contributed by atoms with Crippen molar-refractivity contribution in [2.45, 2.75) is 51.5 Å². The topological polar surface area (TPSA) is 142 Å². The van der Waals surface area contributed by atoms with Gasteiger partial charge in [0.05, 0.1) is 43.8 Å². The molecular weight excluding hydrogens is 522 g/mol. The molecule has 2 aliphatic heterocycles. The number of pyridine rings is 1. The van der Waals surface area contributed by atoms with Gasteiger partial charge in [0.15, 0.2) is 5.82 Å². The zero-order valence-corrected chi connectivity index (χ0v) is 23.2. The van der Waals surface area contributed by atoms with Gasteiger partial charge in [0, 0.05) is 49.1 Å². The monoisotopic (exact) mass is 557 g/mol. The number of aromatic nitrogens is 3. The molecule has 2 aliphatic rings. The predicted molar refractivity (Wildman–Crippen MR) is 156 cm³/mol. The molecule has 214 valence electrons. The summed E-state index contributed by atoms with van der Waals surface area (Å²) in [6.45, 7) is 3.99. The van der Waals surface area contributed by atoms with Crippen molar-refractivity contribution in [3.05, 3.63) is 65.2 Å². The van der Waals surface area contributed by atoms with Crippen LogP contribution >= 0.6 is 0 Å². The number of fused-ring (bicyclic) bond motifs is 1. The molecule has 0 aliphatic carbocycles. The van der Waals surface area contributed by atoms with E-state index < -0.39 is 12.0 Å². The highest BCUT2D eigenvalue weighted by Gasteiger charge is 2.26. The first-order valence-electron chi connectivity index (χ1n) is 14.1. The minimum absolute atomic E-state index is 0.00174. The lowest BCUT2D eigenvalue weighted by Gasteiger charge is -2.22. The average Bonchev–Trinajstić information content (AvgIpc) is 3.43. The number of ether oxygens (including phenoxy) is 2. The van der Waals surface area contributed by atoms with Gasteiger partial charge in [-0.25, -0.2) is 9.97 Å². The first-order valence-corrected chi connectivity index (χ1v) is 14.1. The molecule has 3 N–H and O–H groups in total. The van der Waals surface area contributed by atoms with Crippen LogP contribution < -0.4 is 20.3 Å². The summed E-state index contributed by atoms with van der Waals surface area (Å²) >= 11 is 0. The molecule has 0 bridgehead atoms. The number of anilines is 3. The van der Waals surface area contributed by atoms with E-state index in [1.54, 1.807) is 30.3 Å². The van der Waals surface area contributed by atoms with Gasteiger partial charge in [-0.3, -0.25) is 19.5 Å². The molecule has 1 unspecified atom stereocenters. The fraction of sp³-hybridized carbons (Fsp3) is 0.400. The summed E-state index contributed by atoms with van der Waals surface area (Å²) in [7, 11) is 0. The third kappa shape index (κ3) is 6.97. The molecule has 4 heterocycles. The standard InChI is InChI=1S/C30H35N7O4/c1-2-40-29(39)16-25(26-18-32-19-27(36-26)37-13-4-6-28(37)38)35-24-10-9-23(15-21(24)17-31)41-14-11-22-8-7-20-5-3-12-33-30(20)34-22/h7-10,15,17-19,25,31,35H,2-6,11-14,16H2,1H3,(H,33,34). The largest absolute Gasteiger partial charge is 0.493 e. The third-order valence-electron chi connectivity index (χ3n) is 7.11. The summed E-state index contributed by atoms with van der Waals surface area (Å²) in [6.07, 6.45) is 8.45. The van der Waals surface area contributed by atoms with E-state index in [1.165, 1.54) is 11.8 Å². The number of carbonyl (C=O) groups excluding carboxylic acids is 2. The van der Waals surface area contributed by atoms with E-state index >= 15 is 0 Å². The normalized spacial score (nSPS) is 15.0. The van der Waals surface area contributed by atoms with Gasteiger partial charge in [0.1, 0.15) is 11.6 Å². The molecule has 1 amide bonds. The fourth-order valence-corrected chi connectivity index (χ4v) is 5.03. The maximum absolute atomic E-state index is 12.5. The molecule has 5 rings (SSSR count). The molecule has 2 aromatic heterocycles. The van der Waals surface area contributed by atoms with Crippen molar-refractivity contribution >= 4 is 35.4 Å². The fourth-order valence-electron chi connectivity index (χ4n) is 5.03. The maximum atomic E-state index is 12.5. The number of esters is 1. The lowest BCUT2D eigenvalue weighted by molar-refractivity contribution is -0.143. The first kappa shape index (κ1) is 28.0. The third-order valence-corrected chi connectivity index (χ3v) is 7.11. The second-order valence-corrected chi connectivity index (χ2v) is 9.99. The van der Waals surface area contributed by atoms with E-state index in [1.807, 2.05) is 18.2 Å². The van der Waals surface area contributed by atoms with Gasteiger partial charge in [-0.15, -0.1) is 0 Å². The minimum Gasteiger partial charge on any atom is -0.493 e. The second-order valence-electron chi connectivity index (χ2n) is 9.99.